The van der Waals surface area contributed by atoms with Crippen molar-refractivity contribution >= 4 is 0 Å². The van der Waals surface area contributed by atoms with E-state index in [0.29, 0.717) is 13.5 Å². The Labute approximate surface area is 199 Å². The summed E-state index contributed by atoms with van der Waals surface area (Å²) in [6, 6.07) is 4.05. The van der Waals surface area contributed by atoms with E-state index in [1.165, 1.54) is 0 Å². The molecule has 0 fully saturated rings. The monoisotopic (exact) mass is 576 g/mol. The summed E-state index contributed by atoms with van der Waals surface area (Å²) in [5.41, 5.74) is -0.446. The van der Waals surface area contributed by atoms with E-state index in [-0.39, 0.29) is 11.9 Å². The van der Waals surface area contributed by atoms with Gasteiger partial charge in [-0.1, -0.05) is 19.1 Å². The molecule has 37 heavy (non-hydrogen) atoms. The molecule has 216 valence electrons. The highest BCUT2D eigenvalue weighted by Gasteiger charge is 2.93. The lowest BCUT2D eigenvalue weighted by atomic mass is 9.88. The molecule has 0 heterocycles. The molecule has 0 saturated heterocycles. The fourth-order valence-corrected chi connectivity index (χ4v) is 2.77. The number of alkyl halides is 15. The van der Waals surface area contributed by atoms with Crippen LogP contribution in [-0.4, -0.2) is 54.9 Å². The first-order valence-corrected chi connectivity index (χ1v) is 9.98. The molecule has 0 bridgehead atoms. The Morgan fingerprint density at radius 3 is 1.43 bits per heavy atom. The molecular weight excluding hydrogens is 557 g/mol. The summed E-state index contributed by atoms with van der Waals surface area (Å²) in [4.78, 5) is 0. The number of hydrogen-bond donors (Lipinski definition) is 0. The predicted octanol–water partition coefficient (Wildman–Crippen LogP) is 8.32. The van der Waals surface area contributed by atoms with Crippen molar-refractivity contribution in [2.24, 2.45) is 0 Å². The summed E-state index contributed by atoms with van der Waals surface area (Å²) in [6.07, 6.45) is -12.3. The minimum atomic E-state index is -8.32. The van der Waals surface area contributed by atoms with E-state index in [2.05, 4.69) is 4.74 Å². The fourth-order valence-electron chi connectivity index (χ4n) is 2.77. The van der Waals surface area contributed by atoms with Gasteiger partial charge in [0.05, 0.1) is 12.2 Å². The highest BCUT2D eigenvalue weighted by Crippen LogP contribution is 2.63. The Hall–Kier alpha value is -2.07. The molecule has 0 amide bonds. The largest absolute Gasteiger partial charge is 0.491 e. The van der Waals surface area contributed by atoms with Crippen LogP contribution < -0.4 is 4.74 Å². The summed E-state index contributed by atoms with van der Waals surface area (Å²) in [5, 5.41) is 0. The van der Waals surface area contributed by atoms with Crippen LogP contribution in [0.1, 0.15) is 38.4 Å². The maximum Gasteiger partial charge on any atom is 0.460 e. The van der Waals surface area contributed by atoms with Gasteiger partial charge >= 0.3 is 41.7 Å². The third-order valence-electron chi connectivity index (χ3n) is 5.28. The third kappa shape index (κ3) is 5.55. The van der Waals surface area contributed by atoms with E-state index < -0.39 is 59.8 Å². The molecule has 0 aliphatic rings. The van der Waals surface area contributed by atoms with Crippen LogP contribution in [-0.2, 0) is 4.74 Å². The molecule has 17 heteroatoms. The third-order valence-corrected chi connectivity index (χ3v) is 5.28. The van der Waals surface area contributed by atoms with Crippen LogP contribution in [0.4, 0.5) is 65.9 Å². The zero-order chi connectivity index (χ0) is 29.5. The van der Waals surface area contributed by atoms with Crippen LogP contribution >= 0.6 is 0 Å². The summed E-state index contributed by atoms with van der Waals surface area (Å²) >= 11 is 0. The number of rotatable bonds is 12. The molecular formula is C20H19F15O2. The molecule has 1 aromatic rings. The number of benzene rings is 1. The van der Waals surface area contributed by atoms with Crippen LogP contribution in [0.2, 0.25) is 0 Å². The Balaban J connectivity index is 3.39. The van der Waals surface area contributed by atoms with Crippen molar-refractivity contribution in [2.45, 2.75) is 80.6 Å². The van der Waals surface area contributed by atoms with Crippen molar-refractivity contribution in [3.05, 3.63) is 29.8 Å². The molecule has 0 spiro atoms. The van der Waals surface area contributed by atoms with Gasteiger partial charge in [0.2, 0.25) is 0 Å². The topological polar surface area (TPSA) is 18.5 Å². The second kappa shape index (κ2) is 10.2. The van der Waals surface area contributed by atoms with Crippen LogP contribution in [0.3, 0.4) is 0 Å². The van der Waals surface area contributed by atoms with Gasteiger partial charge in [0, 0.05) is 13.5 Å². The van der Waals surface area contributed by atoms with Crippen molar-refractivity contribution in [2.75, 3.05) is 7.11 Å². The summed E-state index contributed by atoms with van der Waals surface area (Å²) < 4.78 is 210. The van der Waals surface area contributed by atoms with Crippen molar-refractivity contribution in [1.29, 1.82) is 0 Å². The molecule has 0 N–H and O–H groups in total. The van der Waals surface area contributed by atoms with E-state index in [1.54, 1.807) is 13.8 Å². The van der Waals surface area contributed by atoms with Crippen molar-refractivity contribution < 1.29 is 75.3 Å². The average Bonchev–Trinajstić information content (AvgIpc) is 2.76. The molecule has 0 aromatic heterocycles. The lowest BCUT2D eigenvalue weighted by Gasteiger charge is -2.42. The van der Waals surface area contributed by atoms with Crippen molar-refractivity contribution in [3.8, 4) is 5.75 Å². The second-order valence-electron chi connectivity index (χ2n) is 7.91. The number of halogens is 15. The van der Waals surface area contributed by atoms with Crippen molar-refractivity contribution in [1.82, 2.24) is 0 Å². The quantitative estimate of drug-likeness (QED) is 0.233. The van der Waals surface area contributed by atoms with Crippen molar-refractivity contribution in [3.63, 3.8) is 0 Å². The zero-order valence-corrected chi connectivity index (χ0v) is 18.9. The van der Waals surface area contributed by atoms with E-state index in [9.17, 15) is 65.9 Å². The van der Waals surface area contributed by atoms with Gasteiger partial charge in [-0.05, 0) is 31.0 Å². The first kappa shape index (κ1) is 33.0. The Bertz CT molecular complexity index is 894. The lowest BCUT2D eigenvalue weighted by Crippen LogP contribution is -2.72. The Morgan fingerprint density at radius 2 is 1.05 bits per heavy atom. The molecule has 2 unspecified atom stereocenters. The minimum Gasteiger partial charge on any atom is -0.491 e. The van der Waals surface area contributed by atoms with Gasteiger partial charge in [-0.3, -0.25) is 0 Å². The molecule has 0 radical (unpaired) electrons. The predicted molar refractivity (Wildman–Crippen MR) is 96.9 cm³/mol. The standard InChI is InChI=1S/C20H19F15O2/c1-4-10(2)37-12-7-5-11(6-8-12)13(36-3)9-14(21,22)15(23,24)16(25,26)17(27,28)18(29,30)19(31,32)20(33,34)35/h5-8,10,13H,4,9H2,1-3H3. The summed E-state index contributed by atoms with van der Waals surface area (Å²) in [6.45, 7) is 3.38. The maximum atomic E-state index is 14.2. The fraction of sp³-hybridized carbons (Fsp3) is 0.700. The number of hydrogen-bond acceptors (Lipinski definition) is 2. The molecule has 2 atom stereocenters. The second-order valence-corrected chi connectivity index (χ2v) is 7.91. The molecule has 0 saturated carbocycles. The van der Waals surface area contributed by atoms with Gasteiger partial charge in [0.15, 0.2) is 0 Å². The van der Waals surface area contributed by atoms with Gasteiger partial charge in [-0.2, -0.15) is 65.9 Å². The van der Waals surface area contributed by atoms with Crippen LogP contribution in [0, 0.1) is 0 Å². The van der Waals surface area contributed by atoms with Gasteiger partial charge < -0.3 is 9.47 Å². The number of ether oxygens (including phenoxy) is 2. The maximum absolute atomic E-state index is 14.2. The highest BCUT2D eigenvalue weighted by molar-refractivity contribution is 5.29. The first-order chi connectivity index (χ1) is 16.4. The van der Waals surface area contributed by atoms with Gasteiger partial charge in [0.25, 0.3) is 0 Å². The Kier molecular flexibility index (Phi) is 9.13. The Morgan fingerprint density at radius 1 is 0.649 bits per heavy atom. The molecule has 0 aliphatic heterocycles. The van der Waals surface area contributed by atoms with Crippen LogP contribution in [0.15, 0.2) is 24.3 Å². The highest BCUT2D eigenvalue weighted by atomic mass is 19.4. The average molecular weight is 576 g/mol. The normalized spacial score (nSPS) is 16.5. The van der Waals surface area contributed by atoms with E-state index in [0.717, 1.165) is 24.3 Å². The lowest BCUT2D eigenvalue weighted by molar-refractivity contribution is -0.453. The van der Waals surface area contributed by atoms with E-state index in [1.807, 2.05) is 0 Å². The number of methoxy groups -OCH3 is 1. The summed E-state index contributed by atoms with van der Waals surface area (Å²) in [5.74, 6) is -46.6. The van der Waals surface area contributed by atoms with Gasteiger partial charge in [0.1, 0.15) is 5.75 Å². The van der Waals surface area contributed by atoms with E-state index in [4.69, 9.17) is 4.74 Å². The minimum absolute atomic E-state index is 0.129. The van der Waals surface area contributed by atoms with Crippen LogP contribution in [0.5, 0.6) is 5.75 Å². The molecule has 2 nitrogen and oxygen atoms in total. The molecule has 1 aromatic carbocycles. The zero-order valence-electron chi connectivity index (χ0n) is 18.9. The van der Waals surface area contributed by atoms with E-state index >= 15 is 0 Å². The smallest absolute Gasteiger partial charge is 0.460 e. The van der Waals surface area contributed by atoms with Crippen LogP contribution in [0.25, 0.3) is 0 Å². The van der Waals surface area contributed by atoms with Gasteiger partial charge in [-0.25, -0.2) is 0 Å². The molecule has 1 rings (SSSR count). The van der Waals surface area contributed by atoms with Gasteiger partial charge in [-0.15, -0.1) is 0 Å². The SMILES string of the molecule is CCC(C)Oc1ccc(C(CC(F)(F)C(F)(F)C(F)(F)C(F)(F)C(F)(F)C(F)(F)C(F)(F)F)OC)cc1. The summed E-state index contributed by atoms with van der Waals surface area (Å²) in [7, 11) is 0.591. The molecule has 0 aliphatic carbocycles. The first-order valence-electron chi connectivity index (χ1n) is 9.98.